The molecule has 3 aliphatic rings. The maximum atomic E-state index is 12.5. The first-order valence-electron chi connectivity index (χ1n) is 10.3. The van der Waals surface area contributed by atoms with Crippen molar-refractivity contribution in [1.29, 1.82) is 0 Å². The van der Waals surface area contributed by atoms with Crippen LogP contribution in [0.2, 0.25) is 0 Å². The van der Waals surface area contributed by atoms with Gasteiger partial charge in [-0.3, -0.25) is 4.79 Å². The lowest BCUT2D eigenvalue weighted by molar-refractivity contribution is -0.140. The summed E-state index contributed by atoms with van der Waals surface area (Å²) < 4.78 is 8.32. The molecule has 0 unspecified atom stereocenters. The van der Waals surface area contributed by atoms with Crippen molar-refractivity contribution in [2.45, 2.75) is 63.5 Å². The number of nitrogens with zero attached hydrogens (tertiary/aromatic N) is 4. The zero-order valence-corrected chi connectivity index (χ0v) is 16.0. The van der Waals surface area contributed by atoms with Crippen LogP contribution in [0.4, 0.5) is 0 Å². The molecule has 26 heavy (non-hydrogen) atoms. The Morgan fingerprint density at radius 1 is 1.12 bits per heavy atom. The van der Waals surface area contributed by atoms with Gasteiger partial charge in [0, 0.05) is 50.5 Å². The minimum atomic E-state index is 0.160. The molecule has 0 radical (unpaired) electrons. The molecule has 0 N–H and O–H groups in total. The lowest BCUT2D eigenvalue weighted by Crippen LogP contribution is -2.42. The molecule has 0 spiro atoms. The van der Waals surface area contributed by atoms with E-state index in [2.05, 4.69) is 22.7 Å². The van der Waals surface area contributed by atoms with Gasteiger partial charge in [-0.2, -0.15) is 0 Å². The Bertz CT molecular complexity index is 613. The Labute approximate surface area is 156 Å². The van der Waals surface area contributed by atoms with Crippen LogP contribution in [0, 0.1) is 0 Å². The summed E-state index contributed by atoms with van der Waals surface area (Å²) in [6.07, 6.45) is 10.2. The van der Waals surface area contributed by atoms with Crippen LogP contribution in [0.15, 0.2) is 6.20 Å². The Balaban J connectivity index is 1.24. The van der Waals surface area contributed by atoms with Crippen molar-refractivity contribution in [3.63, 3.8) is 0 Å². The van der Waals surface area contributed by atoms with Crippen molar-refractivity contribution in [3.8, 4) is 0 Å². The SMILES string of the molecule is CN1CCC(OCC(=O)N2CCC(c3ncc4n3CCCC4)CC2)CC1. The summed E-state index contributed by atoms with van der Waals surface area (Å²) in [5.41, 5.74) is 1.40. The second kappa shape index (κ2) is 8.09. The molecule has 0 atom stereocenters. The van der Waals surface area contributed by atoms with E-state index in [-0.39, 0.29) is 18.6 Å². The highest BCUT2D eigenvalue weighted by molar-refractivity contribution is 5.77. The second-order valence-corrected chi connectivity index (χ2v) is 8.19. The number of carbonyl (C=O) groups excluding carboxylic acids is 1. The Hall–Kier alpha value is -1.40. The van der Waals surface area contributed by atoms with Crippen LogP contribution >= 0.6 is 0 Å². The molecule has 0 bridgehead atoms. The Morgan fingerprint density at radius 3 is 2.65 bits per heavy atom. The minimum absolute atomic E-state index is 0.160. The molecule has 1 amide bonds. The average Bonchev–Trinajstić information content (AvgIpc) is 3.11. The minimum Gasteiger partial charge on any atom is -0.368 e. The van der Waals surface area contributed by atoms with Gasteiger partial charge in [-0.05, 0) is 52.0 Å². The van der Waals surface area contributed by atoms with Crippen molar-refractivity contribution in [2.75, 3.05) is 39.8 Å². The standard InChI is InChI=1S/C20H32N4O2/c1-22-10-7-18(8-11-22)26-15-19(25)23-12-5-16(6-13-23)20-21-14-17-4-2-3-9-24(17)20/h14,16,18H,2-13,15H2,1H3. The van der Waals surface area contributed by atoms with Gasteiger partial charge in [0.15, 0.2) is 0 Å². The summed E-state index contributed by atoms with van der Waals surface area (Å²) in [5.74, 6) is 1.92. The number of ether oxygens (including phenoxy) is 1. The fraction of sp³-hybridized carbons (Fsp3) is 0.800. The molecule has 0 saturated carbocycles. The van der Waals surface area contributed by atoms with Crippen LogP contribution in [-0.4, -0.2) is 71.2 Å². The van der Waals surface area contributed by atoms with E-state index in [9.17, 15) is 4.79 Å². The molecule has 0 aliphatic carbocycles. The third-order valence-corrected chi connectivity index (χ3v) is 6.35. The number of amides is 1. The van der Waals surface area contributed by atoms with Crippen molar-refractivity contribution in [3.05, 3.63) is 17.7 Å². The van der Waals surface area contributed by atoms with E-state index in [0.717, 1.165) is 58.4 Å². The largest absolute Gasteiger partial charge is 0.368 e. The van der Waals surface area contributed by atoms with Gasteiger partial charge in [-0.15, -0.1) is 0 Å². The fourth-order valence-corrected chi connectivity index (χ4v) is 4.61. The van der Waals surface area contributed by atoms with E-state index in [0.29, 0.717) is 5.92 Å². The predicted octanol–water partition coefficient (Wildman–Crippen LogP) is 2.04. The Kier molecular flexibility index (Phi) is 5.60. The monoisotopic (exact) mass is 360 g/mol. The van der Waals surface area contributed by atoms with Gasteiger partial charge in [0.25, 0.3) is 0 Å². The molecular weight excluding hydrogens is 328 g/mol. The van der Waals surface area contributed by atoms with Gasteiger partial charge < -0.3 is 19.1 Å². The molecule has 1 aromatic rings. The molecule has 4 heterocycles. The predicted molar refractivity (Wildman–Crippen MR) is 100 cm³/mol. The molecule has 4 rings (SSSR count). The molecule has 2 fully saturated rings. The van der Waals surface area contributed by atoms with E-state index < -0.39 is 0 Å². The van der Waals surface area contributed by atoms with Crippen LogP contribution in [0.3, 0.4) is 0 Å². The van der Waals surface area contributed by atoms with Crippen LogP contribution < -0.4 is 0 Å². The lowest BCUT2D eigenvalue weighted by Gasteiger charge is -2.33. The zero-order chi connectivity index (χ0) is 17.9. The topological polar surface area (TPSA) is 50.6 Å². The number of rotatable bonds is 4. The number of piperidine rings is 2. The first-order valence-corrected chi connectivity index (χ1v) is 10.3. The van der Waals surface area contributed by atoms with Crippen LogP contribution in [0.5, 0.6) is 0 Å². The zero-order valence-electron chi connectivity index (χ0n) is 16.0. The molecule has 6 heteroatoms. The molecule has 3 aliphatic heterocycles. The quantitative estimate of drug-likeness (QED) is 0.824. The van der Waals surface area contributed by atoms with Gasteiger partial charge in [0.05, 0.1) is 6.10 Å². The van der Waals surface area contributed by atoms with Crippen LogP contribution in [0.25, 0.3) is 0 Å². The maximum absolute atomic E-state index is 12.5. The lowest BCUT2D eigenvalue weighted by atomic mass is 9.95. The number of carbonyl (C=O) groups is 1. The van der Waals surface area contributed by atoms with Gasteiger partial charge in [0.1, 0.15) is 12.4 Å². The highest BCUT2D eigenvalue weighted by Gasteiger charge is 2.28. The smallest absolute Gasteiger partial charge is 0.248 e. The summed E-state index contributed by atoms with van der Waals surface area (Å²) >= 11 is 0. The average molecular weight is 361 g/mol. The van der Waals surface area contributed by atoms with Crippen LogP contribution in [0.1, 0.15) is 56.0 Å². The van der Waals surface area contributed by atoms with Gasteiger partial charge in [-0.1, -0.05) is 0 Å². The summed E-state index contributed by atoms with van der Waals surface area (Å²) in [6, 6.07) is 0. The maximum Gasteiger partial charge on any atom is 0.248 e. The van der Waals surface area contributed by atoms with Crippen molar-refractivity contribution in [1.82, 2.24) is 19.4 Å². The van der Waals surface area contributed by atoms with Gasteiger partial charge >= 0.3 is 0 Å². The van der Waals surface area contributed by atoms with Crippen molar-refractivity contribution in [2.24, 2.45) is 0 Å². The third-order valence-electron chi connectivity index (χ3n) is 6.35. The summed E-state index contributed by atoms with van der Waals surface area (Å²) in [6.45, 7) is 5.18. The van der Waals surface area contributed by atoms with E-state index in [4.69, 9.17) is 9.72 Å². The molecule has 2 saturated heterocycles. The number of likely N-dealkylation sites (tertiary alicyclic amines) is 2. The summed E-state index contributed by atoms with van der Waals surface area (Å²) in [7, 11) is 2.14. The summed E-state index contributed by atoms with van der Waals surface area (Å²) in [5, 5.41) is 0. The number of fused-ring (bicyclic) bond motifs is 1. The normalized spacial score (nSPS) is 23.2. The second-order valence-electron chi connectivity index (χ2n) is 8.19. The van der Waals surface area contributed by atoms with E-state index in [1.165, 1.54) is 30.8 Å². The van der Waals surface area contributed by atoms with E-state index in [1.54, 1.807) is 0 Å². The molecule has 1 aromatic heterocycles. The third kappa shape index (κ3) is 3.96. The first-order chi connectivity index (χ1) is 12.7. The first kappa shape index (κ1) is 18.0. The highest BCUT2D eigenvalue weighted by atomic mass is 16.5. The molecule has 144 valence electrons. The number of hydrogen-bond acceptors (Lipinski definition) is 4. The van der Waals surface area contributed by atoms with Gasteiger partial charge in [0.2, 0.25) is 5.91 Å². The molecule has 0 aromatic carbocycles. The van der Waals surface area contributed by atoms with Crippen molar-refractivity contribution >= 4 is 5.91 Å². The van der Waals surface area contributed by atoms with E-state index >= 15 is 0 Å². The highest BCUT2D eigenvalue weighted by Crippen LogP contribution is 2.30. The molecule has 6 nitrogen and oxygen atoms in total. The molecular formula is C20H32N4O2. The summed E-state index contributed by atoms with van der Waals surface area (Å²) in [4.78, 5) is 21.5. The number of hydrogen-bond donors (Lipinski definition) is 0. The van der Waals surface area contributed by atoms with Gasteiger partial charge in [-0.25, -0.2) is 4.98 Å². The number of imidazole rings is 1. The van der Waals surface area contributed by atoms with E-state index in [1.807, 2.05) is 4.90 Å². The Morgan fingerprint density at radius 2 is 1.88 bits per heavy atom. The number of aryl methyl sites for hydroxylation is 1. The fourth-order valence-electron chi connectivity index (χ4n) is 4.61. The van der Waals surface area contributed by atoms with Crippen molar-refractivity contribution < 1.29 is 9.53 Å². The number of aromatic nitrogens is 2. The van der Waals surface area contributed by atoms with Crippen LogP contribution in [-0.2, 0) is 22.5 Å².